The Bertz CT molecular complexity index is 250. The fourth-order valence-electron chi connectivity index (χ4n) is 1.37. The molecule has 4 heteroatoms. The van der Waals surface area contributed by atoms with E-state index in [4.69, 9.17) is 9.84 Å². The normalized spacial score (nSPS) is 13.6. The van der Waals surface area contributed by atoms with Crippen LogP contribution < -0.4 is 0 Å². The smallest absolute Gasteiger partial charge is 0.306 e. The first-order valence-electron chi connectivity index (χ1n) is 5.55. The van der Waals surface area contributed by atoms with Crippen LogP contribution in [0.5, 0.6) is 0 Å². The quantitative estimate of drug-likeness (QED) is 0.737. The van der Waals surface area contributed by atoms with Gasteiger partial charge in [0.25, 0.3) is 0 Å². The van der Waals surface area contributed by atoms with Gasteiger partial charge < -0.3 is 9.84 Å². The monoisotopic (exact) mass is 230 g/mol. The van der Waals surface area contributed by atoms with E-state index in [0.29, 0.717) is 0 Å². The highest BCUT2D eigenvalue weighted by molar-refractivity contribution is 5.72. The molecule has 4 nitrogen and oxygen atoms in total. The number of carbonyl (C=O) groups excluding carboxylic acids is 1. The van der Waals surface area contributed by atoms with Gasteiger partial charge in [0.05, 0.1) is 0 Å². The fourth-order valence-corrected chi connectivity index (χ4v) is 1.37. The number of aliphatic carboxylic acids is 1. The molecular weight excluding hydrogens is 208 g/mol. The minimum absolute atomic E-state index is 0.0108. The van der Waals surface area contributed by atoms with E-state index in [-0.39, 0.29) is 30.6 Å². The Kier molecular flexibility index (Phi) is 5.48. The Balaban J connectivity index is 4.30. The molecule has 0 aliphatic rings. The molecule has 0 heterocycles. The molecule has 0 amide bonds. The molecule has 0 aromatic heterocycles. The predicted octanol–water partition coefficient (Wildman–Crippen LogP) is 2.47. The maximum atomic E-state index is 11.5. The van der Waals surface area contributed by atoms with E-state index in [2.05, 4.69) is 0 Å². The van der Waals surface area contributed by atoms with Crippen molar-refractivity contribution in [2.75, 3.05) is 0 Å². The molecule has 0 aliphatic carbocycles. The van der Waals surface area contributed by atoms with E-state index < -0.39 is 11.6 Å². The van der Waals surface area contributed by atoms with Gasteiger partial charge in [0, 0.05) is 12.8 Å². The Morgan fingerprint density at radius 1 is 1.19 bits per heavy atom. The number of hydrogen-bond acceptors (Lipinski definition) is 3. The van der Waals surface area contributed by atoms with Crippen LogP contribution in [0, 0.1) is 11.8 Å². The molecule has 0 aromatic carbocycles. The Labute approximate surface area is 97.0 Å². The molecule has 0 fully saturated rings. The zero-order valence-corrected chi connectivity index (χ0v) is 10.7. The van der Waals surface area contributed by atoms with Crippen LogP contribution in [-0.2, 0) is 14.3 Å². The van der Waals surface area contributed by atoms with Crippen LogP contribution in [0.1, 0.15) is 47.5 Å². The molecule has 94 valence electrons. The minimum atomic E-state index is -0.873. The summed E-state index contributed by atoms with van der Waals surface area (Å²) in [5.74, 6) is -1.20. The van der Waals surface area contributed by atoms with Gasteiger partial charge in [-0.05, 0) is 32.6 Å². The molecule has 0 rings (SSSR count). The second-order valence-electron chi connectivity index (χ2n) is 5.39. The van der Waals surface area contributed by atoms with Gasteiger partial charge in [-0.25, -0.2) is 0 Å². The van der Waals surface area contributed by atoms with Gasteiger partial charge in [-0.2, -0.15) is 0 Å². The summed E-state index contributed by atoms with van der Waals surface area (Å²) in [6.07, 6.45) is 0.179. The van der Waals surface area contributed by atoms with Gasteiger partial charge >= 0.3 is 11.9 Å². The van der Waals surface area contributed by atoms with Crippen molar-refractivity contribution in [2.24, 2.45) is 11.8 Å². The molecule has 0 saturated heterocycles. The number of carboxylic acid groups (broad SMARTS) is 1. The summed E-state index contributed by atoms with van der Waals surface area (Å²) < 4.78 is 5.17. The third-order valence-electron chi connectivity index (χ3n) is 2.23. The molecule has 0 spiro atoms. The maximum absolute atomic E-state index is 11.5. The summed E-state index contributed by atoms with van der Waals surface area (Å²) >= 11 is 0. The SMILES string of the molecule is CC(C)[C@H](CC(=O)O)CC(=O)OC(C)(C)C. The van der Waals surface area contributed by atoms with E-state index >= 15 is 0 Å². The average molecular weight is 230 g/mol. The van der Waals surface area contributed by atoms with Crippen molar-refractivity contribution in [3.8, 4) is 0 Å². The van der Waals surface area contributed by atoms with Crippen LogP contribution >= 0.6 is 0 Å². The molecule has 0 saturated carbocycles. The first-order valence-corrected chi connectivity index (χ1v) is 5.55. The zero-order valence-electron chi connectivity index (χ0n) is 10.7. The zero-order chi connectivity index (χ0) is 12.9. The van der Waals surface area contributed by atoms with Crippen LogP contribution in [0.25, 0.3) is 0 Å². The first-order chi connectivity index (χ1) is 7.11. The van der Waals surface area contributed by atoms with E-state index in [0.717, 1.165) is 0 Å². The molecular formula is C12H22O4. The topological polar surface area (TPSA) is 63.6 Å². The van der Waals surface area contributed by atoms with Crippen LogP contribution in [0.4, 0.5) is 0 Å². The number of carbonyl (C=O) groups is 2. The van der Waals surface area contributed by atoms with Crippen LogP contribution in [0.15, 0.2) is 0 Å². The molecule has 0 bridgehead atoms. The molecule has 0 radical (unpaired) electrons. The number of esters is 1. The number of carboxylic acids is 1. The third kappa shape index (κ3) is 7.26. The summed E-state index contributed by atoms with van der Waals surface area (Å²) in [5.41, 5.74) is -0.512. The summed E-state index contributed by atoms with van der Waals surface area (Å²) in [5, 5.41) is 8.73. The number of ether oxygens (including phenoxy) is 1. The summed E-state index contributed by atoms with van der Waals surface area (Å²) in [7, 11) is 0. The highest BCUT2D eigenvalue weighted by Gasteiger charge is 2.24. The van der Waals surface area contributed by atoms with Crippen LogP contribution in [0.3, 0.4) is 0 Å². The summed E-state index contributed by atoms with van der Waals surface area (Å²) in [6, 6.07) is 0. The summed E-state index contributed by atoms with van der Waals surface area (Å²) in [4.78, 5) is 22.2. The Morgan fingerprint density at radius 2 is 1.69 bits per heavy atom. The van der Waals surface area contributed by atoms with Crippen molar-refractivity contribution < 1.29 is 19.4 Å². The van der Waals surface area contributed by atoms with Crippen molar-refractivity contribution in [1.29, 1.82) is 0 Å². The second-order valence-corrected chi connectivity index (χ2v) is 5.39. The fraction of sp³-hybridized carbons (Fsp3) is 0.833. The Hall–Kier alpha value is -1.06. The van der Waals surface area contributed by atoms with Crippen molar-refractivity contribution in [3.05, 3.63) is 0 Å². The maximum Gasteiger partial charge on any atom is 0.306 e. The van der Waals surface area contributed by atoms with Crippen molar-refractivity contribution in [3.63, 3.8) is 0 Å². The Morgan fingerprint density at radius 3 is 2.00 bits per heavy atom. The van der Waals surface area contributed by atoms with E-state index in [1.807, 2.05) is 13.8 Å². The third-order valence-corrected chi connectivity index (χ3v) is 2.23. The largest absolute Gasteiger partial charge is 0.481 e. The average Bonchev–Trinajstić information content (AvgIpc) is 1.97. The molecule has 0 aliphatic heterocycles. The van der Waals surface area contributed by atoms with Crippen LogP contribution in [0.2, 0.25) is 0 Å². The van der Waals surface area contributed by atoms with Gasteiger partial charge in [0.2, 0.25) is 0 Å². The lowest BCUT2D eigenvalue weighted by Gasteiger charge is -2.23. The van der Waals surface area contributed by atoms with E-state index in [9.17, 15) is 9.59 Å². The highest BCUT2D eigenvalue weighted by atomic mass is 16.6. The first kappa shape index (κ1) is 14.9. The van der Waals surface area contributed by atoms with Gasteiger partial charge in [-0.3, -0.25) is 9.59 Å². The predicted molar refractivity (Wildman–Crippen MR) is 61.0 cm³/mol. The molecule has 0 aromatic rings. The molecule has 1 N–H and O–H groups in total. The van der Waals surface area contributed by atoms with Gasteiger partial charge in [-0.15, -0.1) is 0 Å². The van der Waals surface area contributed by atoms with Gasteiger partial charge in [-0.1, -0.05) is 13.8 Å². The second kappa shape index (κ2) is 5.87. The molecule has 16 heavy (non-hydrogen) atoms. The highest BCUT2D eigenvalue weighted by Crippen LogP contribution is 2.21. The van der Waals surface area contributed by atoms with Crippen LogP contribution in [-0.4, -0.2) is 22.6 Å². The number of hydrogen-bond donors (Lipinski definition) is 1. The number of rotatable bonds is 5. The molecule has 0 unspecified atom stereocenters. The van der Waals surface area contributed by atoms with Gasteiger partial charge in [0.1, 0.15) is 5.60 Å². The van der Waals surface area contributed by atoms with E-state index in [1.54, 1.807) is 20.8 Å². The standard InChI is InChI=1S/C12H22O4/c1-8(2)9(6-10(13)14)7-11(15)16-12(3,4)5/h8-9H,6-7H2,1-5H3,(H,13,14)/t9-/m1/s1. The van der Waals surface area contributed by atoms with Crippen molar-refractivity contribution >= 4 is 11.9 Å². The lowest BCUT2D eigenvalue weighted by atomic mass is 9.89. The minimum Gasteiger partial charge on any atom is -0.481 e. The van der Waals surface area contributed by atoms with Crippen molar-refractivity contribution in [1.82, 2.24) is 0 Å². The lowest BCUT2D eigenvalue weighted by molar-refractivity contribution is -0.156. The van der Waals surface area contributed by atoms with Gasteiger partial charge in [0.15, 0.2) is 0 Å². The van der Waals surface area contributed by atoms with E-state index in [1.165, 1.54) is 0 Å². The molecule has 1 atom stereocenters. The lowest BCUT2D eigenvalue weighted by Crippen LogP contribution is -2.27. The summed E-state index contributed by atoms with van der Waals surface area (Å²) in [6.45, 7) is 9.22. The van der Waals surface area contributed by atoms with Crippen molar-refractivity contribution in [2.45, 2.75) is 53.1 Å².